The Labute approximate surface area is 89.1 Å². The third kappa shape index (κ3) is 1.34. The van der Waals surface area contributed by atoms with Gasteiger partial charge in [-0.15, -0.1) is 0 Å². The van der Waals surface area contributed by atoms with Crippen LogP contribution in [0.15, 0.2) is 6.07 Å². The van der Waals surface area contributed by atoms with Crippen LogP contribution in [0.2, 0.25) is 0 Å². The smallest absolute Gasteiger partial charge is 0.197 e. The van der Waals surface area contributed by atoms with E-state index >= 15 is 0 Å². The zero-order chi connectivity index (χ0) is 12.1. The molecule has 86 valence electrons. The molecule has 1 aliphatic carbocycles. The summed E-state index contributed by atoms with van der Waals surface area (Å²) >= 11 is 0. The molecule has 0 aromatic heterocycles. The average molecular weight is 232 g/mol. The van der Waals surface area contributed by atoms with E-state index in [1.54, 1.807) is 0 Å². The Morgan fingerprint density at radius 2 is 1.69 bits per heavy atom. The van der Waals surface area contributed by atoms with Gasteiger partial charge in [0.1, 0.15) is 5.78 Å². The van der Waals surface area contributed by atoms with Gasteiger partial charge in [-0.05, 0) is 25.8 Å². The number of hydrogen-bond acceptors (Lipinski definition) is 1. The second-order valence-electron chi connectivity index (χ2n) is 3.99. The molecule has 0 bridgehead atoms. The van der Waals surface area contributed by atoms with Crippen molar-refractivity contribution in [3.05, 3.63) is 34.9 Å². The van der Waals surface area contributed by atoms with E-state index in [4.69, 9.17) is 0 Å². The van der Waals surface area contributed by atoms with E-state index in [0.717, 1.165) is 0 Å². The molecular formula is C11H8F4O. The van der Waals surface area contributed by atoms with E-state index in [2.05, 4.69) is 0 Å². The first kappa shape index (κ1) is 11.1. The fourth-order valence-electron chi connectivity index (χ4n) is 1.86. The summed E-state index contributed by atoms with van der Waals surface area (Å²) in [6.45, 7) is 1.23. The van der Waals surface area contributed by atoms with Crippen LogP contribution in [-0.2, 0) is 10.2 Å². The highest BCUT2D eigenvalue weighted by Gasteiger charge is 2.51. The lowest BCUT2D eigenvalue weighted by Gasteiger charge is -2.13. The van der Waals surface area contributed by atoms with Crippen molar-refractivity contribution in [2.45, 2.75) is 25.2 Å². The Hall–Kier alpha value is -1.39. The van der Waals surface area contributed by atoms with E-state index in [1.807, 2.05) is 0 Å². The molecule has 0 atom stereocenters. The van der Waals surface area contributed by atoms with Crippen molar-refractivity contribution >= 4 is 5.78 Å². The van der Waals surface area contributed by atoms with Gasteiger partial charge in [0.25, 0.3) is 0 Å². The topological polar surface area (TPSA) is 17.1 Å². The van der Waals surface area contributed by atoms with Crippen molar-refractivity contribution in [1.82, 2.24) is 0 Å². The van der Waals surface area contributed by atoms with Gasteiger partial charge in [-0.25, -0.2) is 17.6 Å². The van der Waals surface area contributed by atoms with Gasteiger partial charge in [0, 0.05) is 5.56 Å². The summed E-state index contributed by atoms with van der Waals surface area (Å²) in [6.07, 6.45) is 0.674. The van der Waals surface area contributed by atoms with E-state index < -0.39 is 28.7 Å². The molecule has 0 N–H and O–H groups in total. The molecule has 1 fully saturated rings. The van der Waals surface area contributed by atoms with Crippen molar-refractivity contribution < 1.29 is 22.4 Å². The second kappa shape index (κ2) is 3.30. The number of halogens is 4. The predicted molar refractivity (Wildman–Crippen MR) is 47.9 cm³/mol. The molecule has 1 nitrogen and oxygen atoms in total. The summed E-state index contributed by atoms with van der Waals surface area (Å²) < 4.78 is 52.0. The fraction of sp³-hybridized carbons (Fsp3) is 0.364. The van der Waals surface area contributed by atoms with Gasteiger partial charge in [0.15, 0.2) is 23.3 Å². The van der Waals surface area contributed by atoms with Crippen LogP contribution in [0.1, 0.15) is 25.3 Å². The number of carbonyl (C=O) groups excluding carboxylic acids is 1. The molecule has 0 saturated heterocycles. The van der Waals surface area contributed by atoms with Gasteiger partial charge in [-0.3, -0.25) is 4.79 Å². The molecule has 1 aliphatic rings. The van der Waals surface area contributed by atoms with Crippen LogP contribution < -0.4 is 0 Å². The molecule has 2 rings (SSSR count). The predicted octanol–water partition coefficient (Wildman–Crippen LogP) is 2.86. The first-order chi connectivity index (χ1) is 7.40. The lowest BCUT2D eigenvalue weighted by atomic mass is 9.91. The Bertz CT molecular complexity index is 477. The fourth-order valence-corrected chi connectivity index (χ4v) is 1.86. The molecule has 1 saturated carbocycles. The summed E-state index contributed by atoms with van der Waals surface area (Å²) in [4.78, 5) is 11.3. The Morgan fingerprint density at radius 1 is 1.12 bits per heavy atom. The molecule has 1 aromatic carbocycles. The summed E-state index contributed by atoms with van der Waals surface area (Å²) in [5.41, 5.74) is -1.53. The SMILES string of the molecule is CC(=O)C1(c2cc(F)c(F)c(F)c2F)CC1. The van der Waals surface area contributed by atoms with E-state index in [-0.39, 0.29) is 11.3 Å². The summed E-state index contributed by atoms with van der Waals surface area (Å²) in [5, 5.41) is 0. The molecule has 5 heteroatoms. The zero-order valence-electron chi connectivity index (χ0n) is 8.41. The molecular weight excluding hydrogens is 224 g/mol. The molecule has 0 aliphatic heterocycles. The van der Waals surface area contributed by atoms with Crippen molar-refractivity contribution in [3.8, 4) is 0 Å². The minimum absolute atomic E-state index is 0.337. The summed E-state index contributed by atoms with van der Waals surface area (Å²) in [6, 6.07) is 0.572. The van der Waals surface area contributed by atoms with E-state index in [9.17, 15) is 22.4 Å². The number of ketones is 1. The summed E-state index contributed by atoms with van der Waals surface area (Å²) in [7, 11) is 0. The van der Waals surface area contributed by atoms with Crippen LogP contribution in [0, 0.1) is 23.3 Å². The van der Waals surface area contributed by atoms with Crippen molar-refractivity contribution in [2.24, 2.45) is 0 Å². The number of hydrogen-bond donors (Lipinski definition) is 0. The molecule has 0 radical (unpaired) electrons. The van der Waals surface area contributed by atoms with Crippen LogP contribution >= 0.6 is 0 Å². The van der Waals surface area contributed by atoms with Crippen LogP contribution in [-0.4, -0.2) is 5.78 Å². The van der Waals surface area contributed by atoms with Gasteiger partial charge in [-0.1, -0.05) is 0 Å². The van der Waals surface area contributed by atoms with Crippen LogP contribution in [0.4, 0.5) is 17.6 Å². The van der Waals surface area contributed by atoms with Crippen LogP contribution in [0.3, 0.4) is 0 Å². The maximum absolute atomic E-state index is 13.4. The van der Waals surface area contributed by atoms with Gasteiger partial charge >= 0.3 is 0 Å². The molecule has 0 heterocycles. The van der Waals surface area contributed by atoms with Crippen molar-refractivity contribution in [3.63, 3.8) is 0 Å². The van der Waals surface area contributed by atoms with E-state index in [0.29, 0.717) is 18.9 Å². The summed E-state index contributed by atoms with van der Waals surface area (Å²) in [5.74, 6) is -7.01. The third-order valence-corrected chi connectivity index (χ3v) is 3.04. The quantitative estimate of drug-likeness (QED) is 0.435. The van der Waals surface area contributed by atoms with Gasteiger partial charge in [0.05, 0.1) is 5.41 Å². The third-order valence-electron chi connectivity index (χ3n) is 3.04. The van der Waals surface area contributed by atoms with Crippen LogP contribution in [0.25, 0.3) is 0 Å². The van der Waals surface area contributed by atoms with Gasteiger partial charge < -0.3 is 0 Å². The minimum Gasteiger partial charge on any atom is -0.299 e. The maximum atomic E-state index is 13.4. The Balaban J connectivity index is 2.63. The first-order valence-electron chi connectivity index (χ1n) is 4.74. The monoisotopic (exact) mass is 232 g/mol. The Morgan fingerprint density at radius 3 is 2.12 bits per heavy atom. The lowest BCUT2D eigenvalue weighted by molar-refractivity contribution is -0.119. The van der Waals surface area contributed by atoms with E-state index in [1.165, 1.54) is 6.92 Å². The standard InChI is InChI=1S/C11H8F4O/c1-5(16)11(2-3-11)6-4-7(12)9(14)10(15)8(6)13/h4H,2-3H2,1H3. The molecule has 0 amide bonds. The van der Waals surface area contributed by atoms with Crippen LogP contribution in [0.5, 0.6) is 0 Å². The molecule has 1 aromatic rings. The van der Waals surface area contributed by atoms with Crippen molar-refractivity contribution in [2.75, 3.05) is 0 Å². The second-order valence-corrected chi connectivity index (χ2v) is 3.99. The van der Waals surface area contributed by atoms with Gasteiger partial charge in [-0.2, -0.15) is 0 Å². The zero-order valence-corrected chi connectivity index (χ0v) is 8.41. The number of benzene rings is 1. The largest absolute Gasteiger partial charge is 0.299 e. The van der Waals surface area contributed by atoms with Gasteiger partial charge in [0.2, 0.25) is 0 Å². The highest BCUT2D eigenvalue weighted by molar-refractivity contribution is 5.91. The highest BCUT2D eigenvalue weighted by atomic mass is 19.2. The number of rotatable bonds is 2. The normalized spacial score (nSPS) is 17.3. The maximum Gasteiger partial charge on any atom is 0.197 e. The first-order valence-corrected chi connectivity index (χ1v) is 4.74. The number of carbonyl (C=O) groups is 1. The lowest BCUT2D eigenvalue weighted by Crippen LogP contribution is -2.20. The number of Topliss-reactive ketones (excluding diaryl/α,β-unsaturated/α-hetero) is 1. The minimum atomic E-state index is -1.86. The average Bonchev–Trinajstić information content (AvgIpc) is 3.01. The molecule has 0 unspecified atom stereocenters. The van der Waals surface area contributed by atoms with Crippen molar-refractivity contribution in [1.29, 1.82) is 0 Å². The molecule has 16 heavy (non-hydrogen) atoms. The highest BCUT2D eigenvalue weighted by Crippen LogP contribution is 2.50. The Kier molecular flexibility index (Phi) is 2.29. The molecule has 0 spiro atoms.